The maximum atomic E-state index is 3.40. The second-order valence-electron chi connectivity index (χ2n) is 6.63. The first kappa shape index (κ1) is 13.4. The van der Waals surface area contributed by atoms with E-state index < -0.39 is 0 Å². The molecule has 1 N–H and O–H groups in total. The van der Waals surface area contributed by atoms with Crippen LogP contribution in [0.1, 0.15) is 40.0 Å². The number of hydrogen-bond donors (Lipinski definition) is 1. The molecule has 2 aliphatic rings. The van der Waals surface area contributed by atoms with Crippen molar-refractivity contribution in [2.45, 2.75) is 40.0 Å². The van der Waals surface area contributed by atoms with Gasteiger partial charge in [-0.1, -0.05) is 20.8 Å². The van der Waals surface area contributed by atoms with Crippen molar-refractivity contribution in [3.05, 3.63) is 0 Å². The summed E-state index contributed by atoms with van der Waals surface area (Å²) in [5.74, 6) is 3.68. The molecule has 2 rings (SSSR count). The normalized spacial score (nSPS) is 30.0. The number of hydrogen-bond acceptors (Lipinski definition) is 2. The van der Waals surface area contributed by atoms with Gasteiger partial charge in [0.2, 0.25) is 0 Å². The largest absolute Gasteiger partial charge is 0.316 e. The van der Waals surface area contributed by atoms with Crippen LogP contribution in [0.25, 0.3) is 0 Å². The summed E-state index contributed by atoms with van der Waals surface area (Å²) in [7, 11) is 0. The zero-order valence-corrected chi connectivity index (χ0v) is 11.9. The summed E-state index contributed by atoms with van der Waals surface area (Å²) >= 11 is 0. The number of nitrogens with zero attached hydrogens (tertiary/aromatic N) is 1. The molecule has 0 saturated carbocycles. The second kappa shape index (κ2) is 6.19. The lowest BCUT2D eigenvalue weighted by Gasteiger charge is -2.35. The van der Waals surface area contributed by atoms with Crippen LogP contribution in [0.15, 0.2) is 0 Å². The minimum atomic E-state index is 0.878. The predicted octanol–water partition coefficient (Wildman–Crippen LogP) is 2.60. The summed E-state index contributed by atoms with van der Waals surface area (Å²) in [5.41, 5.74) is 0. The van der Waals surface area contributed by atoms with Crippen molar-refractivity contribution in [2.75, 3.05) is 32.7 Å². The number of nitrogens with one attached hydrogen (secondary N) is 1. The van der Waals surface area contributed by atoms with E-state index in [9.17, 15) is 0 Å². The molecule has 2 atom stereocenters. The lowest BCUT2D eigenvalue weighted by molar-refractivity contribution is 0.167. The van der Waals surface area contributed by atoms with Crippen LogP contribution < -0.4 is 5.32 Å². The fourth-order valence-corrected chi connectivity index (χ4v) is 3.30. The molecule has 2 nitrogen and oxygen atoms in total. The molecule has 100 valence electrons. The first-order valence-corrected chi connectivity index (χ1v) is 7.60. The molecule has 2 saturated heterocycles. The molecule has 2 aliphatic heterocycles. The molecule has 0 aromatic heterocycles. The van der Waals surface area contributed by atoms with Gasteiger partial charge in [-0.3, -0.25) is 0 Å². The molecular formula is C15H30N2. The molecule has 2 fully saturated rings. The van der Waals surface area contributed by atoms with Gasteiger partial charge in [-0.05, 0) is 69.1 Å². The Morgan fingerprint density at radius 1 is 1.06 bits per heavy atom. The Labute approximate surface area is 107 Å². The van der Waals surface area contributed by atoms with Crippen LogP contribution in [0.3, 0.4) is 0 Å². The van der Waals surface area contributed by atoms with Crippen LogP contribution in [0.2, 0.25) is 0 Å². The van der Waals surface area contributed by atoms with Gasteiger partial charge in [0.1, 0.15) is 0 Å². The van der Waals surface area contributed by atoms with E-state index in [1.165, 1.54) is 52.0 Å². The SMILES string of the molecule is CC(C)C1CCCN(CC(C)C2CNC2)CC1. The summed E-state index contributed by atoms with van der Waals surface area (Å²) in [6, 6.07) is 0. The number of likely N-dealkylation sites (tertiary alicyclic amines) is 1. The lowest BCUT2D eigenvalue weighted by Crippen LogP contribution is -2.48. The van der Waals surface area contributed by atoms with Crippen LogP contribution in [0.5, 0.6) is 0 Å². The Morgan fingerprint density at radius 3 is 2.41 bits per heavy atom. The molecular weight excluding hydrogens is 208 g/mol. The van der Waals surface area contributed by atoms with Crippen molar-refractivity contribution < 1.29 is 0 Å². The molecule has 0 amide bonds. The van der Waals surface area contributed by atoms with Crippen LogP contribution >= 0.6 is 0 Å². The molecule has 0 spiro atoms. The third-order valence-corrected chi connectivity index (χ3v) is 4.97. The first-order chi connectivity index (χ1) is 8.16. The van der Waals surface area contributed by atoms with E-state index in [2.05, 4.69) is 31.0 Å². The average Bonchev–Trinajstić information content (AvgIpc) is 2.40. The fourth-order valence-electron chi connectivity index (χ4n) is 3.30. The van der Waals surface area contributed by atoms with Crippen LogP contribution in [-0.4, -0.2) is 37.6 Å². The standard InChI is InChI=1S/C15H30N2/c1-12(2)14-5-4-7-17(8-6-14)11-13(3)15-9-16-10-15/h12-16H,4-11H2,1-3H3. The van der Waals surface area contributed by atoms with Gasteiger partial charge in [0.15, 0.2) is 0 Å². The van der Waals surface area contributed by atoms with E-state index >= 15 is 0 Å². The van der Waals surface area contributed by atoms with Gasteiger partial charge in [0, 0.05) is 6.54 Å². The zero-order chi connectivity index (χ0) is 12.3. The quantitative estimate of drug-likeness (QED) is 0.810. The van der Waals surface area contributed by atoms with E-state index in [0.717, 1.165) is 23.7 Å². The van der Waals surface area contributed by atoms with Gasteiger partial charge >= 0.3 is 0 Å². The molecule has 0 aromatic carbocycles. The highest BCUT2D eigenvalue weighted by Gasteiger charge is 2.26. The van der Waals surface area contributed by atoms with Crippen LogP contribution in [0.4, 0.5) is 0 Å². The summed E-state index contributed by atoms with van der Waals surface area (Å²) < 4.78 is 0. The Bertz CT molecular complexity index is 223. The van der Waals surface area contributed by atoms with Gasteiger partial charge in [-0.15, -0.1) is 0 Å². The van der Waals surface area contributed by atoms with Gasteiger partial charge in [-0.2, -0.15) is 0 Å². The predicted molar refractivity (Wildman–Crippen MR) is 74.1 cm³/mol. The summed E-state index contributed by atoms with van der Waals surface area (Å²) in [6.07, 6.45) is 4.29. The topological polar surface area (TPSA) is 15.3 Å². The van der Waals surface area contributed by atoms with Crippen molar-refractivity contribution in [1.82, 2.24) is 10.2 Å². The maximum Gasteiger partial charge on any atom is 0.00106 e. The molecule has 0 bridgehead atoms. The highest BCUT2D eigenvalue weighted by molar-refractivity contribution is 4.82. The minimum Gasteiger partial charge on any atom is -0.316 e. The van der Waals surface area contributed by atoms with Crippen molar-refractivity contribution in [3.63, 3.8) is 0 Å². The summed E-state index contributed by atoms with van der Waals surface area (Å²) in [5, 5.41) is 3.40. The van der Waals surface area contributed by atoms with E-state index in [1.807, 2.05) is 0 Å². The molecule has 2 heterocycles. The van der Waals surface area contributed by atoms with Gasteiger partial charge < -0.3 is 10.2 Å². The minimum absolute atomic E-state index is 0.878. The summed E-state index contributed by atoms with van der Waals surface area (Å²) in [4.78, 5) is 2.73. The average molecular weight is 238 g/mol. The van der Waals surface area contributed by atoms with E-state index in [-0.39, 0.29) is 0 Å². The van der Waals surface area contributed by atoms with Gasteiger partial charge in [-0.25, -0.2) is 0 Å². The lowest BCUT2D eigenvalue weighted by atomic mass is 9.88. The van der Waals surface area contributed by atoms with Crippen molar-refractivity contribution >= 4 is 0 Å². The summed E-state index contributed by atoms with van der Waals surface area (Å²) in [6.45, 7) is 13.7. The highest BCUT2D eigenvalue weighted by Crippen LogP contribution is 2.26. The van der Waals surface area contributed by atoms with E-state index in [4.69, 9.17) is 0 Å². The van der Waals surface area contributed by atoms with Crippen molar-refractivity contribution in [1.29, 1.82) is 0 Å². The molecule has 0 aromatic rings. The first-order valence-electron chi connectivity index (χ1n) is 7.60. The number of rotatable bonds is 4. The van der Waals surface area contributed by atoms with Gasteiger partial charge in [0.05, 0.1) is 0 Å². The monoisotopic (exact) mass is 238 g/mol. The van der Waals surface area contributed by atoms with Gasteiger partial charge in [0.25, 0.3) is 0 Å². The smallest absolute Gasteiger partial charge is 0.00106 e. The highest BCUT2D eigenvalue weighted by atomic mass is 15.1. The Morgan fingerprint density at radius 2 is 1.82 bits per heavy atom. The maximum absolute atomic E-state index is 3.40. The van der Waals surface area contributed by atoms with Crippen molar-refractivity contribution in [2.24, 2.45) is 23.7 Å². The van der Waals surface area contributed by atoms with Crippen LogP contribution in [0, 0.1) is 23.7 Å². The fraction of sp³-hybridized carbons (Fsp3) is 1.00. The Balaban J connectivity index is 1.74. The Hall–Kier alpha value is -0.0800. The third-order valence-electron chi connectivity index (χ3n) is 4.97. The molecule has 0 radical (unpaired) electrons. The van der Waals surface area contributed by atoms with Crippen molar-refractivity contribution in [3.8, 4) is 0 Å². The second-order valence-corrected chi connectivity index (χ2v) is 6.63. The molecule has 0 aliphatic carbocycles. The van der Waals surface area contributed by atoms with E-state index in [0.29, 0.717) is 0 Å². The zero-order valence-electron chi connectivity index (χ0n) is 11.9. The molecule has 2 heteroatoms. The third kappa shape index (κ3) is 3.69. The Kier molecular flexibility index (Phi) is 4.87. The van der Waals surface area contributed by atoms with Crippen LogP contribution in [-0.2, 0) is 0 Å². The van der Waals surface area contributed by atoms with E-state index in [1.54, 1.807) is 0 Å². The molecule has 17 heavy (non-hydrogen) atoms. The molecule has 2 unspecified atom stereocenters.